The van der Waals surface area contributed by atoms with Crippen molar-refractivity contribution < 1.29 is 0 Å². The van der Waals surface area contributed by atoms with Crippen molar-refractivity contribution >= 4 is 0 Å². The average Bonchev–Trinajstić information content (AvgIpc) is 2.41. The van der Waals surface area contributed by atoms with Gasteiger partial charge in [-0.15, -0.1) is 0 Å². The summed E-state index contributed by atoms with van der Waals surface area (Å²) in [5.41, 5.74) is 0.575. The van der Waals surface area contributed by atoms with Gasteiger partial charge in [0.15, 0.2) is 0 Å². The van der Waals surface area contributed by atoms with Gasteiger partial charge in [0.1, 0.15) is 0 Å². The standard InChI is InChI=1S/C16H28/c1-13-8-10-14(11-9-13)15-7-5-4-6-12-16(15,2)3/h8,10,13-15H,4-7,9,11-12H2,1-3H3. The first-order chi connectivity index (χ1) is 7.59. The molecule has 3 unspecified atom stereocenters. The molecule has 0 bridgehead atoms. The third-order valence-corrected chi connectivity index (χ3v) is 5.00. The van der Waals surface area contributed by atoms with E-state index in [4.69, 9.17) is 0 Å². The van der Waals surface area contributed by atoms with Crippen LogP contribution in [0.15, 0.2) is 12.2 Å². The van der Waals surface area contributed by atoms with Gasteiger partial charge in [0.25, 0.3) is 0 Å². The van der Waals surface area contributed by atoms with Gasteiger partial charge in [-0.1, -0.05) is 52.2 Å². The first-order valence-electron chi connectivity index (χ1n) is 7.28. The summed E-state index contributed by atoms with van der Waals surface area (Å²) in [6.07, 6.45) is 15.2. The fourth-order valence-corrected chi connectivity index (χ4v) is 3.81. The summed E-state index contributed by atoms with van der Waals surface area (Å²) in [5, 5.41) is 0. The van der Waals surface area contributed by atoms with E-state index >= 15 is 0 Å². The van der Waals surface area contributed by atoms with E-state index in [2.05, 4.69) is 32.9 Å². The van der Waals surface area contributed by atoms with Gasteiger partial charge >= 0.3 is 0 Å². The molecule has 1 fully saturated rings. The van der Waals surface area contributed by atoms with E-state index < -0.39 is 0 Å². The van der Waals surface area contributed by atoms with E-state index in [1.54, 1.807) is 0 Å². The minimum atomic E-state index is 0.575. The van der Waals surface area contributed by atoms with Gasteiger partial charge in [0.05, 0.1) is 0 Å². The van der Waals surface area contributed by atoms with Crippen LogP contribution in [-0.4, -0.2) is 0 Å². The largest absolute Gasteiger partial charge is 0.0854 e. The van der Waals surface area contributed by atoms with Crippen LogP contribution in [0.4, 0.5) is 0 Å². The molecule has 0 amide bonds. The molecule has 16 heavy (non-hydrogen) atoms. The molecule has 3 atom stereocenters. The van der Waals surface area contributed by atoms with Gasteiger partial charge in [-0.05, 0) is 48.9 Å². The molecule has 2 rings (SSSR count). The van der Waals surface area contributed by atoms with Crippen LogP contribution in [0.25, 0.3) is 0 Å². The second-order valence-corrected chi connectivity index (χ2v) is 6.80. The van der Waals surface area contributed by atoms with Crippen LogP contribution in [0.5, 0.6) is 0 Å². The zero-order chi connectivity index (χ0) is 11.6. The Morgan fingerprint density at radius 1 is 0.938 bits per heavy atom. The molecule has 92 valence electrons. The minimum absolute atomic E-state index is 0.575. The Kier molecular flexibility index (Phi) is 3.77. The minimum Gasteiger partial charge on any atom is -0.0854 e. The molecule has 0 aromatic heterocycles. The van der Waals surface area contributed by atoms with Crippen molar-refractivity contribution in [2.24, 2.45) is 23.2 Å². The van der Waals surface area contributed by atoms with Gasteiger partial charge in [0, 0.05) is 0 Å². The van der Waals surface area contributed by atoms with Crippen molar-refractivity contribution in [3.8, 4) is 0 Å². The third kappa shape index (κ3) is 2.70. The zero-order valence-electron chi connectivity index (χ0n) is 11.3. The molecule has 0 aliphatic heterocycles. The van der Waals surface area contributed by atoms with Crippen molar-refractivity contribution in [1.82, 2.24) is 0 Å². The van der Waals surface area contributed by atoms with E-state index in [1.807, 2.05) is 0 Å². The zero-order valence-corrected chi connectivity index (χ0v) is 11.3. The Morgan fingerprint density at radius 3 is 2.44 bits per heavy atom. The first-order valence-corrected chi connectivity index (χ1v) is 7.28. The molecule has 2 aliphatic rings. The molecule has 0 heteroatoms. The quantitative estimate of drug-likeness (QED) is 0.421. The van der Waals surface area contributed by atoms with Crippen LogP contribution in [0.1, 0.15) is 65.7 Å². The summed E-state index contributed by atoms with van der Waals surface area (Å²) >= 11 is 0. The van der Waals surface area contributed by atoms with Crippen LogP contribution in [0, 0.1) is 23.2 Å². The fourth-order valence-electron chi connectivity index (χ4n) is 3.81. The third-order valence-electron chi connectivity index (χ3n) is 5.00. The highest BCUT2D eigenvalue weighted by Crippen LogP contribution is 2.46. The summed E-state index contributed by atoms with van der Waals surface area (Å²) in [5.74, 6) is 2.65. The number of hydrogen-bond acceptors (Lipinski definition) is 0. The maximum Gasteiger partial charge on any atom is -0.0200 e. The topological polar surface area (TPSA) is 0 Å². The highest BCUT2D eigenvalue weighted by Gasteiger charge is 2.35. The molecular formula is C16H28. The van der Waals surface area contributed by atoms with Crippen molar-refractivity contribution in [2.75, 3.05) is 0 Å². The van der Waals surface area contributed by atoms with Gasteiger partial charge in [-0.25, -0.2) is 0 Å². The molecule has 0 heterocycles. The summed E-state index contributed by atoms with van der Waals surface area (Å²) in [6, 6.07) is 0. The van der Waals surface area contributed by atoms with Crippen molar-refractivity contribution in [2.45, 2.75) is 65.7 Å². The highest BCUT2D eigenvalue weighted by atomic mass is 14.4. The lowest BCUT2D eigenvalue weighted by atomic mass is 9.66. The summed E-state index contributed by atoms with van der Waals surface area (Å²) in [6.45, 7) is 7.37. The van der Waals surface area contributed by atoms with E-state index in [-0.39, 0.29) is 0 Å². The number of rotatable bonds is 1. The van der Waals surface area contributed by atoms with Crippen molar-refractivity contribution in [3.05, 3.63) is 12.2 Å². The predicted molar refractivity (Wildman–Crippen MR) is 71.4 cm³/mol. The molecule has 1 saturated carbocycles. The normalized spacial score (nSPS) is 39.3. The summed E-state index contributed by atoms with van der Waals surface area (Å²) < 4.78 is 0. The SMILES string of the molecule is CC1C=CC(C2CCCCCC2(C)C)CC1. The van der Waals surface area contributed by atoms with E-state index in [0.29, 0.717) is 5.41 Å². The van der Waals surface area contributed by atoms with Crippen LogP contribution >= 0.6 is 0 Å². The molecule has 0 aromatic carbocycles. The van der Waals surface area contributed by atoms with Gasteiger partial charge in [-0.3, -0.25) is 0 Å². The fraction of sp³-hybridized carbons (Fsp3) is 0.875. The Labute approximate surface area is 102 Å². The molecule has 0 saturated heterocycles. The highest BCUT2D eigenvalue weighted by molar-refractivity contribution is 5.01. The second kappa shape index (κ2) is 4.94. The van der Waals surface area contributed by atoms with Crippen LogP contribution in [-0.2, 0) is 0 Å². The van der Waals surface area contributed by atoms with E-state index in [9.17, 15) is 0 Å². The lowest BCUT2D eigenvalue weighted by Gasteiger charge is -2.39. The van der Waals surface area contributed by atoms with Crippen molar-refractivity contribution in [1.29, 1.82) is 0 Å². The van der Waals surface area contributed by atoms with Crippen LogP contribution < -0.4 is 0 Å². The maximum atomic E-state index is 2.55. The predicted octanol–water partition coefficient (Wildman–Crippen LogP) is 5.20. The average molecular weight is 220 g/mol. The second-order valence-electron chi connectivity index (χ2n) is 6.80. The Hall–Kier alpha value is -0.260. The molecule has 0 aromatic rings. The molecule has 0 radical (unpaired) electrons. The molecule has 0 nitrogen and oxygen atoms in total. The summed E-state index contributed by atoms with van der Waals surface area (Å²) in [7, 11) is 0. The Balaban J connectivity index is 2.08. The van der Waals surface area contributed by atoms with Gasteiger partial charge in [0.2, 0.25) is 0 Å². The molecule has 2 aliphatic carbocycles. The molecular weight excluding hydrogens is 192 g/mol. The Bertz CT molecular complexity index is 249. The van der Waals surface area contributed by atoms with E-state index in [1.165, 1.54) is 44.9 Å². The molecule has 0 N–H and O–H groups in total. The van der Waals surface area contributed by atoms with Crippen LogP contribution in [0.2, 0.25) is 0 Å². The molecule has 0 spiro atoms. The lowest BCUT2D eigenvalue weighted by molar-refractivity contribution is 0.138. The lowest BCUT2D eigenvalue weighted by Crippen LogP contribution is -2.30. The van der Waals surface area contributed by atoms with Crippen molar-refractivity contribution in [3.63, 3.8) is 0 Å². The van der Waals surface area contributed by atoms with Crippen LogP contribution in [0.3, 0.4) is 0 Å². The number of hydrogen-bond donors (Lipinski definition) is 0. The first kappa shape index (κ1) is 12.2. The maximum absolute atomic E-state index is 2.55. The smallest absolute Gasteiger partial charge is 0.0200 e. The van der Waals surface area contributed by atoms with Gasteiger partial charge in [-0.2, -0.15) is 0 Å². The van der Waals surface area contributed by atoms with E-state index in [0.717, 1.165) is 17.8 Å². The monoisotopic (exact) mass is 220 g/mol. The number of allylic oxidation sites excluding steroid dienone is 2. The van der Waals surface area contributed by atoms with Gasteiger partial charge < -0.3 is 0 Å². The summed E-state index contributed by atoms with van der Waals surface area (Å²) in [4.78, 5) is 0. The Morgan fingerprint density at radius 2 is 1.75 bits per heavy atom.